The number of allylic oxidation sites excluding steroid dienone is 2. The molecule has 2 fully saturated rings. The number of fused-ring (bicyclic) bond motifs is 2. The van der Waals surface area contributed by atoms with E-state index in [4.69, 9.17) is 4.42 Å². The number of furan rings is 1. The Labute approximate surface area is 137 Å². The van der Waals surface area contributed by atoms with Gasteiger partial charge in [-0.2, -0.15) is 0 Å². The summed E-state index contributed by atoms with van der Waals surface area (Å²) < 4.78 is 5.71. The highest BCUT2D eigenvalue weighted by molar-refractivity contribution is 5.91. The summed E-state index contributed by atoms with van der Waals surface area (Å²) in [5, 5.41) is 3.02. The van der Waals surface area contributed by atoms with Crippen LogP contribution in [0.25, 0.3) is 0 Å². The largest absolute Gasteiger partial charge is 0.455 e. The van der Waals surface area contributed by atoms with Crippen LogP contribution >= 0.6 is 0 Å². The Morgan fingerprint density at radius 3 is 2.83 bits per heavy atom. The fourth-order valence-electron chi connectivity index (χ4n) is 4.43. The zero-order chi connectivity index (χ0) is 15.6. The number of amides is 1. The Balaban J connectivity index is 1.23. The highest BCUT2D eigenvalue weighted by Crippen LogP contribution is 2.44. The van der Waals surface area contributed by atoms with Crippen molar-refractivity contribution in [3.8, 4) is 0 Å². The molecule has 124 valence electrons. The molecule has 2 bridgehead atoms. The average Bonchev–Trinajstić information content (AvgIpc) is 3.32. The van der Waals surface area contributed by atoms with E-state index >= 15 is 0 Å². The van der Waals surface area contributed by atoms with Crippen LogP contribution in [0.4, 0.5) is 0 Å². The van der Waals surface area contributed by atoms with Crippen LogP contribution in [-0.2, 0) is 6.54 Å². The van der Waals surface area contributed by atoms with Gasteiger partial charge in [0.1, 0.15) is 5.76 Å². The molecule has 1 saturated heterocycles. The maximum absolute atomic E-state index is 12.2. The normalized spacial score (nSPS) is 29.5. The second-order valence-electron chi connectivity index (χ2n) is 7.33. The maximum Gasteiger partial charge on any atom is 0.286 e. The van der Waals surface area contributed by atoms with Crippen molar-refractivity contribution in [2.45, 2.75) is 38.6 Å². The van der Waals surface area contributed by atoms with Crippen molar-refractivity contribution >= 4 is 5.91 Å². The summed E-state index contributed by atoms with van der Waals surface area (Å²) in [4.78, 5) is 14.6. The number of carbonyl (C=O) groups is 1. The molecule has 4 rings (SSSR count). The summed E-state index contributed by atoms with van der Waals surface area (Å²) in [6.07, 6.45) is 11.0. The molecule has 1 aromatic heterocycles. The lowest BCUT2D eigenvalue weighted by molar-refractivity contribution is 0.0919. The second-order valence-corrected chi connectivity index (χ2v) is 7.33. The monoisotopic (exact) mass is 314 g/mol. The zero-order valence-corrected chi connectivity index (χ0v) is 13.7. The first-order chi connectivity index (χ1) is 11.3. The van der Waals surface area contributed by atoms with Gasteiger partial charge in [-0.1, -0.05) is 12.2 Å². The highest BCUT2D eigenvalue weighted by atomic mass is 16.4. The van der Waals surface area contributed by atoms with Gasteiger partial charge in [-0.05, 0) is 75.1 Å². The number of hydrogen-bond donors (Lipinski definition) is 1. The van der Waals surface area contributed by atoms with Crippen LogP contribution < -0.4 is 5.32 Å². The Morgan fingerprint density at radius 1 is 1.22 bits per heavy atom. The van der Waals surface area contributed by atoms with E-state index in [2.05, 4.69) is 22.4 Å². The van der Waals surface area contributed by atoms with Crippen LogP contribution in [0.3, 0.4) is 0 Å². The SMILES string of the molecule is O=C(NCC[C@@H]1C[C@@H]2C=C[C@H]1C2)c1ccc(CN2CCCC2)o1. The van der Waals surface area contributed by atoms with Crippen molar-refractivity contribution < 1.29 is 9.21 Å². The Hall–Kier alpha value is -1.55. The van der Waals surface area contributed by atoms with Crippen molar-refractivity contribution in [2.75, 3.05) is 19.6 Å². The Bertz CT molecular complexity index is 586. The van der Waals surface area contributed by atoms with Gasteiger partial charge in [0.25, 0.3) is 5.91 Å². The summed E-state index contributed by atoms with van der Waals surface area (Å²) in [6, 6.07) is 3.75. The van der Waals surface area contributed by atoms with E-state index in [9.17, 15) is 4.79 Å². The predicted octanol–water partition coefficient (Wildman–Crippen LogP) is 3.21. The van der Waals surface area contributed by atoms with Crippen LogP contribution in [0.2, 0.25) is 0 Å². The number of nitrogens with one attached hydrogen (secondary N) is 1. The van der Waals surface area contributed by atoms with Crippen LogP contribution in [0, 0.1) is 17.8 Å². The number of likely N-dealkylation sites (tertiary alicyclic amines) is 1. The molecular formula is C19H26N2O2. The number of hydrogen-bond acceptors (Lipinski definition) is 3. The lowest BCUT2D eigenvalue weighted by Crippen LogP contribution is -2.26. The van der Waals surface area contributed by atoms with Gasteiger partial charge in [0, 0.05) is 6.54 Å². The average molecular weight is 314 g/mol. The molecule has 1 N–H and O–H groups in total. The van der Waals surface area contributed by atoms with E-state index in [0.29, 0.717) is 5.76 Å². The summed E-state index contributed by atoms with van der Waals surface area (Å²) >= 11 is 0. The molecule has 2 aliphatic carbocycles. The molecule has 3 atom stereocenters. The van der Waals surface area contributed by atoms with Crippen molar-refractivity contribution in [1.29, 1.82) is 0 Å². The van der Waals surface area contributed by atoms with Gasteiger partial charge in [-0.3, -0.25) is 9.69 Å². The summed E-state index contributed by atoms with van der Waals surface area (Å²) in [5.41, 5.74) is 0. The van der Waals surface area contributed by atoms with Crippen molar-refractivity contribution in [3.63, 3.8) is 0 Å². The number of rotatable bonds is 6. The van der Waals surface area contributed by atoms with Gasteiger partial charge in [0.05, 0.1) is 6.54 Å². The molecular weight excluding hydrogens is 288 g/mol. The molecule has 1 aliphatic heterocycles. The van der Waals surface area contributed by atoms with E-state index in [0.717, 1.165) is 56.1 Å². The van der Waals surface area contributed by atoms with Gasteiger partial charge < -0.3 is 9.73 Å². The third kappa shape index (κ3) is 3.37. The van der Waals surface area contributed by atoms with Crippen molar-refractivity contribution in [3.05, 3.63) is 35.8 Å². The van der Waals surface area contributed by atoms with Crippen LogP contribution in [0.15, 0.2) is 28.7 Å². The molecule has 4 heteroatoms. The van der Waals surface area contributed by atoms with Crippen LogP contribution in [0.1, 0.15) is 48.4 Å². The van der Waals surface area contributed by atoms with E-state index in [-0.39, 0.29) is 5.91 Å². The third-order valence-corrected chi connectivity index (χ3v) is 5.68. The minimum absolute atomic E-state index is 0.0728. The standard InChI is InChI=1S/C19H26N2O2/c22-19(20-8-7-16-12-14-3-4-15(16)11-14)18-6-5-17(23-18)13-21-9-1-2-10-21/h3-6,14-16H,1-2,7-13H2,(H,20,22)/t14-,15+,16-/m1/s1. The molecule has 1 amide bonds. The number of nitrogens with zero attached hydrogens (tertiary/aromatic N) is 1. The van der Waals surface area contributed by atoms with Gasteiger partial charge in [0.2, 0.25) is 0 Å². The molecule has 1 aromatic rings. The summed E-state index contributed by atoms with van der Waals surface area (Å²) in [6.45, 7) is 3.86. The molecule has 0 radical (unpaired) electrons. The van der Waals surface area contributed by atoms with E-state index in [1.807, 2.05) is 6.07 Å². The smallest absolute Gasteiger partial charge is 0.286 e. The van der Waals surface area contributed by atoms with Crippen LogP contribution in [-0.4, -0.2) is 30.4 Å². The Kier molecular flexibility index (Phi) is 4.25. The van der Waals surface area contributed by atoms with Gasteiger partial charge in [0.15, 0.2) is 5.76 Å². The molecule has 3 aliphatic rings. The fourth-order valence-corrected chi connectivity index (χ4v) is 4.43. The fraction of sp³-hybridized carbons (Fsp3) is 0.632. The molecule has 2 heterocycles. The van der Waals surface area contributed by atoms with E-state index in [1.54, 1.807) is 6.07 Å². The zero-order valence-electron chi connectivity index (χ0n) is 13.7. The molecule has 4 nitrogen and oxygen atoms in total. The minimum atomic E-state index is -0.0728. The predicted molar refractivity (Wildman–Crippen MR) is 89.0 cm³/mol. The first kappa shape index (κ1) is 15.0. The molecule has 0 spiro atoms. The highest BCUT2D eigenvalue weighted by Gasteiger charge is 2.35. The number of carbonyl (C=O) groups excluding carboxylic acids is 1. The summed E-state index contributed by atoms with van der Waals surface area (Å²) in [5.74, 6) is 3.60. The van der Waals surface area contributed by atoms with Crippen molar-refractivity contribution in [2.24, 2.45) is 17.8 Å². The Morgan fingerprint density at radius 2 is 2.09 bits per heavy atom. The van der Waals surface area contributed by atoms with E-state index in [1.165, 1.54) is 25.7 Å². The first-order valence-corrected chi connectivity index (χ1v) is 9.05. The van der Waals surface area contributed by atoms with E-state index < -0.39 is 0 Å². The minimum Gasteiger partial charge on any atom is -0.455 e. The quantitative estimate of drug-likeness (QED) is 0.820. The first-order valence-electron chi connectivity index (χ1n) is 9.05. The lowest BCUT2D eigenvalue weighted by atomic mass is 9.91. The summed E-state index contributed by atoms with van der Waals surface area (Å²) in [7, 11) is 0. The van der Waals surface area contributed by atoms with Gasteiger partial charge >= 0.3 is 0 Å². The lowest BCUT2D eigenvalue weighted by Gasteiger charge is -2.17. The van der Waals surface area contributed by atoms with Gasteiger partial charge in [-0.15, -0.1) is 0 Å². The third-order valence-electron chi connectivity index (χ3n) is 5.68. The second kappa shape index (κ2) is 6.52. The molecule has 1 saturated carbocycles. The topological polar surface area (TPSA) is 45.5 Å². The molecule has 23 heavy (non-hydrogen) atoms. The van der Waals surface area contributed by atoms with Crippen molar-refractivity contribution in [1.82, 2.24) is 10.2 Å². The molecule has 0 unspecified atom stereocenters. The van der Waals surface area contributed by atoms with Crippen LogP contribution in [0.5, 0.6) is 0 Å². The van der Waals surface area contributed by atoms with Gasteiger partial charge in [-0.25, -0.2) is 0 Å². The maximum atomic E-state index is 12.2. The molecule has 0 aromatic carbocycles.